The van der Waals surface area contributed by atoms with Gasteiger partial charge in [-0.15, -0.1) is 0 Å². The molecule has 1 aromatic heterocycles. The number of nitro groups is 1. The Hall–Kier alpha value is -2.89. The van der Waals surface area contributed by atoms with Crippen molar-refractivity contribution in [2.45, 2.75) is 6.92 Å². The Labute approximate surface area is 114 Å². The average molecular weight is 272 g/mol. The second-order valence-electron chi connectivity index (χ2n) is 4.07. The number of amides is 1. The van der Waals surface area contributed by atoms with Gasteiger partial charge in [0.2, 0.25) is 5.91 Å². The van der Waals surface area contributed by atoms with Gasteiger partial charge < -0.3 is 9.73 Å². The molecule has 6 heteroatoms. The quantitative estimate of drug-likeness (QED) is 0.526. The van der Waals surface area contributed by atoms with Crippen LogP contribution in [0, 0.1) is 17.0 Å². The van der Waals surface area contributed by atoms with Crippen molar-refractivity contribution in [1.29, 1.82) is 0 Å². The lowest BCUT2D eigenvalue weighted by molar-refractivity contribution is -0.384. The number of hydrogen-bond acceptors (Lipinski definition) is 4. The van der Waals surface area contributed by atoms with Crippen LogP contribution in [0.15, 0.2) is 46.9 Å². The van der Waals surface area contributed by atoms with Crippen LogP contribution in [0.4, 0.5) is 11.4 Å². The molecular formula is C14H12N2O4. The van der Waals surface area contributed by atoms with Crippen LogP contribution in [0.3, 0.4) is 0 Å². The average Bonchev–Trinajstić information content (AvgIpc) is 2.83. The number of non-ortho nitro benzene ring substituents is 1. The number of benzene rings is 1. The zero-order valence-electron chi connectivity index (χ0n) is 10.7. The van der Waals surface area contributed by atoms with E-state index < -0.39 is 4.92 Å². The first-order valence-corrected chi connectivity index (χ1v) is 5.84. The normalized spacial score (nSPS) is 10.7. The van der Waals surface area contributed by atoms with Gasteiger partial charge >= 0.3 is 0 Å². The number of furan rings is 1. The number of anilines is 1. The van der Waals surface area contributed by atoms with E-state index in [2.05, 4.69) is 5.32 Å². The number of hydrogen-bond donors (Lipinski definition) is 1. The standard InChI is InChI=1S/C14H12N2O4/c1-10-2-7-13(20-10)8-9-14(17)15-11-3-5-12(6-4-11)16(18)19/h2-9H,1H3,(H,15,17)/b9-8+. The van der Waals surface area contributed by atoms with Gasteiger partial charge in [0.15, 0.2) is 0 Å². The minimum Gasteiger partial charge on any atom is -0.462 e. The number of carbonyl (C=O) groups excluding carboxylic acids is 1. The molecule has 0 fully saturated rings. The fraction of sp³-hybridized carbons (Fsp3) is 0.0714. The van der Waals surface area contributed by atoms with Crippen molar-refractivity contribution in [2.24, 2.45) is 0 Å². The number of nitrogens with one attached hydrogen (secondary N) is 1. The zero-order chi connectivity index (χ0) is 14.5. The smallest absolute Gasteiger partial charge is 0.269 e. The van der Waals surface area contributed by atoms with Crippen molar-refractivity contribution in [3.63, 3.8) is 0 Å². The van der Waals surface area contributed by atoms with E-state index in [0.29, 0.717) is 11.4 Å². The van der Waals surface area contributed by atoms with Crippen LogP contribution in [0.2, 0.25) is 0 Å². The van der Waals surface area contributed by atoms with Gasteiger partial charge in [-0.1, -0.05) is 0 Å². The lowest BCUT2D eigenvalue weighted by atomic mass is 10.3. The second-order valence-corrected chi connectivity index (χ2v) is 4.07. The van der Waals surface area contributed by atoms with E-state index in [9.17, 15) is 14.9 Å². The molecule has 0 aliphatic heterocycles. The predicted octanol–water partition coefficient (Wildman–Crippen LogP) is 3.15. The Morgan fingerprint density at radius 1 is 1.25 bits per heavy atom. The minimum absolute atomic E-state index is 0.0235. The monoisotopic (exact) mass is 272 g/mol. The summed E-state index contributed by atoms with van der Waals surface area (Å²) in [7, 11) is 0. The maximum Gasteiger partial charge on any atom is 0.269 e. The molecule has 0 saturated heterocycles. The number of carbonyl (C=O) groups is 1. The molecule has 0 aliphatic carbocycles. The number of rotatable bonds is 4. The van der Waals surface area contributed by atoms with Gasteiger partial charge in [-0.2, -0.15) is 0 Å². The summed E-state index contributed by atoms with van der Waals surface area (Å²) >= 11 is 0. The Balaban J connectivity index is 1.97. The predicted molar refractivity (Wildman–Crippen MR) is 74.2 cm³/mol. The Morgan fingerprint density at radius 2 is 1.95 bits per heavy atom. The third-order valence-electron chi connectivity index (χ3n) is 2.51. The highest BCUT2D eigenvalue weighted by Gasteiger charge is 2.05. The second kappa shape index (κ2) is 5.83. The van der Waals surface area contributed by atoms with Crippen molar-refractivity contribution >= 4 is 23.4 Å². The summed E-state index contributed by atoms with van der Waals surface area (Å²) in [4.78, 5) is 21.6. The van der Waals surface area contributed by atoms with E-state index >= 15 is 0 Å². The first-order chi connectivity index (χ1) is 9.54. The molecule has 0 saturated carbocycles. The molecule has 0 unspecified atom stereocenters. The first kappa shape index (κ1) is 13.5. The maximum absolute atomic E-state index is 11.6. The van der Waals surface area contributed by atoms with Crippen LogP contribution in [0.1, 0.15) is 11.5 Å². The zero-order valence-corrected chi connectivity index (χ0v) is 10.7. The molecule has 0 atom stereocenters. The summed E-state index contributed by atoms with van der Waals surface area (Å²) in [6.07, 6.45) is 2.88. The first-order valence-electron chi connectivity index (χ1n) is 5.84. The Bertz CT molecular complexity index is 656. The summed E-state index contributed by atoms with van der Waals surface area (Å²) in [6.45, 7) is 1.81. The van der Waals surface area contributed by atoms with Crippen LogP contribution in [-0.2, 0) is 4.79 Å². The van der Waals surface area contributed by atoms with E-state index in [0.717, 1.165) is 5.76 Å². The lowest BCUT2D eigenvalue weighted by Gasteiger charge is -2.00. The highest BCUT2D eigenvalue weighted by molar-refractivity contribution is 6.01. The van der Waals surface area contributed by atoms with Crippen molar-refractivity contribution < 1.29 is 14.1 Å². The molecule has 102 valence electrons. The van der Waals surface area contributed by atoms with E-state index in [-0.39, 0.29) is 11.6 Å². The fourth-order valence-corrected chi connectivity index (χ4v) is 1.55. The Kier molecular flexibility index (Phi) is 3.95. The molecule has 0 radical (unpaired) electrons. The van der Waals surface area contributed by atoms with Crippen LogP contribution in [0.5, 0.6) is 0 Å². The molecule has 0 bridgehead atoms. The van der Waals surface area contributed by atoms with Crippen molar-refractivity contribution in [3.05, 3.63) is 64.1 Å². The van der Waals surface area contributed by atoms with E-state index in [1.165, 1.54) is 30.3 Å². The molecule has 1 aromatic carbocycles. The summed E-state index contributed by atoms with van der Waals surface area (Å²) in [6, 6.07) is 9.16. The van der Waals surface area contributed by atoms with E-state index in [1.807, 2.05) is 6.92 Å². The molecule has 1 amide bonds. The molecule has 0 aliphatic rings. The highest BCUT2D eigenvalue weighted by atomic mass is 16.6. The number of nitrogens with zero attached hydrogens (tertiary/aromatic N) is 1. The van der Waals surface area contributed by atoms with Crippen LogP contribution >= 0.6 is 0 Å². The molecule has 1 N–H and O–H groups in total. The summed E-state index contributed by atoms with van der Waals surface area (Å²) in [5, 5.41) is 13.1. The molecule has 2 aromatic rings. The number of aryl methyl sites for hydroxylation is 1. The van der Waals surface area contributed by atoms with Gasteiger partial charge in [-0.25, -0.2) is 0 Å². The lowest BCUT2D eigenvalue weighted by Crippen LogP contribution is -2.07. The van der Waals surface area contributed by atoms with Gasteiger partial charge in [0.25, 0.3) is 5.69 Å². The topological polar surface area (TPSA) is 85.4 Å². The minimum atomic E-state index is -0.495. The molecule has 0 spiro atoms. The van der Waals surface area contributed by atoms with Crippen molar-refractivity contribution in [3.8, 4) is 0 Å². The summed E-state index contributed by atoms with van der Waals surface area (Å²) in [5.74, 6) is 1.01. The van der Waals surface area contributed by atoms with Gasteiger partial charge in [0.1, 0.15) is 11.5 Å². The van der Waals surface area contributed by atoms with E-state index in [4.69, 9.17) is 4.42 Å². The van der Waals surface area contributed by atoms with Crippen LogP contribution in [0.25, 0.3) is 6.08 Å². The van der Waals surface area contributed by atoms with Crippen LogP contribution in [-0.4, -0.2) is 10.8 Å². The molecule has 20 heavy (non-hydrogen) atoms. The van der Waals surface area contributed by atoms with E-state index in [1.54, 1.807) is 18.2 Å². The molecule has 6 nitrogen and oxygen atoms in total. The maximum atomic E-state index is 11.6. The summed E-state index contributed by atoms with van der Waals surface area (Å²) in [5.41, 5.74) is 0.463. The number of nitro benzene ring substituents is 1. The third-order valence-corrected chi connectivity index (χ3v) is 2.51. The third kappa shape index (κ3) is 3.55. The molecule has 2 rings (SSSR count). The van der Waals surface area contributed by atoms with Crippen LogP contribution < -0.4 is 5.32 Å². The van der Waals surface area contributed by atoms with Crippen molar-refractivity contribution in [1.82, 2.24) is 0 Å². The summed E-state index contributed by atoms with van der Waals surface area (Å²) < 4.78 is 5.28. The van der Waals surface area contributed by atoms with Gasteiger partial charge in [0, 0.05) is 23.9 Å². The molecular weight excluding hydrogens is 260 g/mol. The fourth-order valence-electron chi connectivity index (χ4n) is 1.55. The van der Waals surface area contributed by atoms with Gasteiger partial charge in [-0.05, 0) is 37.3 Å². The van der Waals surface area contributed by atoms with Gasteiger partial charge in [-0.3, -0.25) is 14.9 Å². The largest absolute Gasteiger partial charge is 0.462 e. The van der Waals surface area contributed by atoms with Gasteiger partial charge in [0.05, 0.1) is 4.92 Å². The molecule has 1 heterocycles. The SMILES string of the molecule is Cc1ccc(/C=C/C(=O)Nc2ccc([N+](=O)[O-])cc2)o1. The Morgan fingerprint density at radius 3 is 2.50 bits per heavy atom. The highest BCUT2D eigenvalue weighted by Crippen LogP contribution is 2.15. The van der Waals surface area contributed by atoms with Crippen molar-refractivity contribution in [2.75, 3.05) is 5.32 Å².